The van der Waals surface area contributed by atoms with Crippen molar-refractivity contribution in [2.24, 2.45) is 0 Å². The van der Waals surface area contributed by atoms with E-state index in [4.69, 9.17) is 23.2 Å². The molecule has 1 aromatic carbocycles. The van der Waals surface area contributed by atoms with Gasteiger partial charge in [0.05, 0.1) is 0 Å². The highest BCUT2D eigenvalue weighted by Crippen LogP contribution is 2.21. The highest BCUT2D eigenvalue weighted by atomic mass is 35.5. The smallest absolute Gasteiger partial charge is 0.251 e. The van der Waals surface area contributed by atoms with E-state index in [0.29, 0.717) is 22.2 Å². The first-order valence-electron chi connectivity index (χ1n) is 5.75. The van der Waals surface area contributed by atoms with Crippen molar-refractivity contribution in [2.45, 2.75) is 20.4 Å². The van der Waals surface area contributed by atoms with Gasteiger partial charge in [0.2, 0.25) is 0 Å². The van der Waals surface area contributed by atoms with Gasteiger partial charge in [0.25, 0.3) is 5.91 Å². The summed E-state index contributed by atoms with van der Waals surface area (Å²) in [5.74, 6) is -0.173. The maximum atomic E-state index is 12.0. The predicted molar refractivity (Wildman–Crippen MR) is 81.4 cm³/mol. The molecule has 100 valence electrons. The molecule has 0 saturated carbocycles. The monoisotopic (exact) mass is 313 g/mol. The second-order valence-electron chi connectivity index (χ2n) is 4.28. The molecule has 5 heteroatoms. The Morgan fingerprint density at radius 3 is 2.37 bits per heavy atom. The topological polar surface area (TPSA) is 29.1 Å². The maximum absolute atomic E-state index is 12.0. The summed E-state index contributed by atoms with van der Waals surface area (Å²) >= 11 is 13.4. The number of amides is 1. The highest BCUT2D eigenvalue weighted by Gasteiger charge is 2.09. The zero-order valence-electron chi connectivity index (χ0n) is 10.6. The molecule has 1 amide bonds. The zero-order valence-corrected chi connectivity index (χ0v) is 12.9. The minimum absolute atomic E-state index is 0.173. The highest BCUT2D eigenvalue weighted by molar-refractivity contribution is 7.10. The molecule has 1 N–H and O–H groups in total. The van der Waals surface area contributed by atoms with Gasteiger partial charge in [-0.15, -0.1) is 11.3 Å². The maximum Gasteiger partial charge on any atom is 0.251 e. The first kappa shape index (κ1) is 14.4. The van der Waals surface area contributed by atoms with E-state index in [1.54, 1.807) is 29.5 Å². The minimum Gasteiger partial charge on any atom is -0.348 e. The van der Waals surface area contributed by atoms with Gasteiger partial charge >= 0.3 is 0 Å². The number of hydrogen-bond donors (Lipinski definition) is 1. The second-order valence-corrected chi connectivity index (χ2v) is 6.24. The molecule has 0 spiro atoms. The Bertz CT molecular complexity index is 602. The van der Waals surface area contributed by atoms with Gasteiger partial charge in [0, 0.05) is 27.0 Å². The molecule has 2 nitrogen and oxygen atoms in total. The molecule has 0 radical (unpaired) electrons. The molecule has 2 aromatic rings. The molecular formula is C14H13Cl2NOS. The van der Waals surface area contributed by atoms with Gasteiger partial charge < -0.3 is 5.32 Å². The van der Waals surface area contributed by atoms with E-state index in [1.807, 2.05) is 0 Å². The molecule has 0 aliphatic heterocycles. The Morgan fingerprint density at radius 2 is 1.84 bits per heavy atom. The SMILES string of the molecule is Cc1scc(CNC(=O)c2cc(Cl)cc(Cl)c2)c1C. The van der Waals surface area contributed by atoms with Crippen LogP contribution < -0.4 is 5.32 Å². The van der Waals surface area contributed by atoms with Gasteiger partial charge in [-0.2, -0.15) is 0 Å². The number of benzene rings is 1. The number of aryl methyl sites for hydroxylation is 1. The fourth-order valence-corrected chi connectivity index (χ4v) is 3.11. The average molecular weight is 314 g/mol. The van der Waals surface area contributed by atoms with E-state index in [-0.39, 0.29) is 5.91 Å². The molecule has 0 aliphatic rings. The van der Waals surface area contributed by atoms with Crippen molar-refractivity contribution < 1.29 is 4.79 Å². The van der Waals surface area contributed by atoms with Crippen molar-refractivity contribution in [1.29, 1.82) is 0 Å². The molecule has 0 unspecified atom stereocenters. The summed E-state index contributed by atoms with van der Waals surface area (Å²) in [6.45, 7) is 4.64. The largest absolute Gasteiger partial charge is 0.348 e. The molecule has 0 aliphatic carbocycles. The minimum atomic E-state index is -0.173. The van der Waals surface area contributed by atoms with Crippen LogP contribution in [0, 0.1) is 13.8 Å². The number of rotatable bonds is 3. The van der Waals surface area contributed by atoms with Crippen molar-refractivity contribution in [1.82, 2.24) is 5.32 Å². The third-order valence-electron chi connectivity index (χ3n) is 2.95. The van der Waals surface area contributed by atoms with Gasteiger partial charge in [0.1, 0.15) is 0 Å². The van der Waals surface area contributed by atoms with Crippen LogP contribution in [0.25, 0.3) is 0 Å². The van der Waals surface area contributed by atoms with Gasteiger partial charge in [0.15, 0.2) is 0 Å². The van der Waals surface area contributed by atoms with Crippen LogP contribution in [0.15, 0.2) is 23.6 Å². The molecule has 0 fully saturated rings. The van der Waals surface area contributed by atoms with Crippen LogP contribution in [0.3, 0.4) is 0 Å². The summed E-state index contributed by atoms with van der Waals surface area (Å²) < 4.78 is 0. The number of carbonyl (C=O) groups is 1. The summed E-state index contributed by atoms with van der Waals surface area (Å²) in [7, 11) is 0. The van der Waals surface area contributed by atoms with Gasteiger partial charge in [-0.3, -0.25) is 4.79 Å². The predicted octanol–water partition coefficient (Wildman–Crippen LogP) is 4.60. The van der Waals surface area contributed by atoms with Gasteiger partial charge in [-0.1, -0.05) is 23.2 Å². The molecule has 1 aromatic heterocycles. The third-order valence-corrected chi connectivity index (χ3v) is 4.45. The van der Waals surface area contributed by atoms with Crippen LogP contribution in [0.2, 0.25) is 10.0 Å². The molecule has 0 bridgehead atoms. The Hall–Kier alpha value is -1.03. The number of thiophene rings is 1. The van der Waals surface area contributed by atoms with E-state index in [1.165, 1.54) is 10.4 Å². The fourth-order valence-electron chi connectivity index (χ4n) is 1.70. The molecule has 0 atom stereocenters. The van der Waals surface area contributed by atoms with Crippen LogP contribution in [0.4, 0.5) is 0 Å². The summed E-state index contributed by atoms with van der Waals surface area (Å²) in [6, 6.07) is 4.81. The lowest BCUT2D eigenvalue weighted by Gasteiger charge is -2.06. The first-order chi connectivity index (χ1) is 8.97. The van der Waals surface area contributed by atoms with E-state index >= 15 is 0 Å². The number of halogens is 2. The lowest BCUT2D eigenvalue weighted by molar-refractivity contribution is 0.0951. The summed E-state index contributed by atoms with van der Waals surface area (Å²) in [4.78, 5) is 13.3. The van der Waals surface area contributed by atoms with Crippen molar-refractivity contribution in [2.75, 3.05) is 0 Å². The summed E-state index contributed by atoms with van der Waals surface area (Å²) in [6.07, 6.45) is 0. The van der Waals surface area contributed by atoms with E-state index in [9.17, 15) is 4.79 Å². The number of carbonyl (C=O) groups excluding carboxylic acids is 1. The number of hydrogen-bond acceptors (Lipinski definition) is 2. The van der Waals surface area contributed by atoms with Crippen LogP contribution in [0.5, 0.6) is 0 Å². The van der Waals surface area contributed by atoms with Crippen LogP contribution in [-0.2, 0) is 6.54 Å². The lowest BCUT2D eigenvalue weighted by Crippen LogP contribution is -2.22. The van der Waals surface area contributed by atoms with Crippen molar-refractivity contribution in [3.63, 3.8) is 0 Å². The molecule has 0 saturated heterocycles. The first-order valence-corrected chi connectivity index (χ1v) is 7.39. The van der Waals surface area contributed by atoms with Crippen LogP contribution in [-0.4, -0.2) is 5.91 Å². The third kappa shape index (κ3) is 3.50. The Labute approximate surface area is 126 Å². The van der Waals surface area contributed by atoms with Crippen molar-refractivity contribution in [3.8, 4) is 0 Å². The standard InChI is InChI=1S/C14H13Cl2NOS/c1-8-9(2)19-7-11(8)6-17-14(18)10-3-12(15)5-13(16)4-10/h3-5,7H,6H2,1-2H3,(H,17,18). The summed E-state index contributed by atoms with van der Waals surface area (Å²) in [5, 5.41) is 5.86. The molecule has 1 heterocycles. The van der Waals surface area contributed by atoms with E-state index in [2.05, 4.69) is 24.5 Å². The van der Waals surface area contributed by atoms with E-state index < -0.39 is 0 Å². The fraction of sp³-hybridized carbons (Fsp3) is 0.214. The molecule has 19 heavy (non-hydrogen) atoms. The van der Waals surface area contributed by atoms with Crippen LogP contribution >= 0.6 is 34.5 Å². The Morgan fingerprint density at radius 1 is 1.21 bits per heavy atom. The Kier molecular flexibility index (Phi) is 4.50. The quantitative estimate of drug-likeness (QED) is 0.881. The normalized spacial score (nSPS) is 10.5. The zero-order chi connectivity index (χ0) is 14.0. The van der Waals surface area contributed by atoms with Crippen molar-refractivity contribution in [3.05, 3.63) is 55.2 Å². The lowest BCUT2D eigenvalue weighted by atomic mass is 10.1. The van der Waals surface area contributed by atoms with Crippen LogP contribution in [0.1, 0.15) is 26.4 Å². The van der Waals surface area contributed by atoms with Gasteiger partial charge in [-0.25, -0.2) is 0 Å². The average Bonchev–Trinajstić information content (AvgIpc) is 2.66. The second kappa shape index (κ2) is 5.95. The molecule has 2 rings (SSSR count). The van der Waals surface area contributed by atoms with Gasteiger partial charge in [-0.05, 0) is 48.6 Å². The molecular weight excluding hydrogens is 301 g/mol. The Balaban J connectivity index is 2.07. The van der Waals surface area contributed by atoms with E-state index in [0.717, 1.165) is 5.56 Å². The van der Waals surface area contributed by atoms with Crippen molar-refractivity contribution >= 4 is 40.4 Å². The number of nitrogens with one attached hydrogen (secondary N) is 1. The summed E-state index contributed by atoms with van der Waals surface area (Å²) in [5.41, 5.74) is 2.85.